The molecule has 18 heavy (non-hydrogen) atoms. The number of hydrogen-bond donors (Lipinski definition) is 1. The number of carbonyl (C=O) groups is 1. The van der Waals surface area contributed by atoms with Crippen molar-refractivity contribution in [1.82, 2.24) is 4.72 Å². The first kappa shape index (κ1) is 13.3. The molecule has 1 amide bonds. The van der Waals surface area contributed by atoms with Crippen molar-refractivity contribution >= 4 is 27.3 Å². The Kier molecular flexibility index (Phi) is 3.59. The molecular formula is C12H15NO3S2. The lowest BCUT2D eigenvalue weighted by molar-refractivity contribution is -0.128. The Labute approximate surface area is 111 Å². The van der Waals surface area contributed by atoms with Crippen LogP contribution in [0.5, 0.6) is 0 Å². The topological polar surface area (TPSA) is 63.2 Å². The van der Waals surface area contributed by atoms with Crippen LogP contribution in [0.25, 0.3) is 0 Å². The fourth-order valence-electron chi connectivity index (χ4n) is 1.88. The summed E-state index contributed by atoms with van der Waals surface area (Å²) in [4.78, 5) is 12.1. The lowest BCUT2D eigenvalue weighted by Crippen LogP contribution is -2.42. The summed E-state index contributed by atoms with van der Waals surface area (Å²) >= 11 is 1.10. The molecule has 1 aromatic heterocycles. The van der Waals surface area contributed by atoms with Crippen LogP contribution < -0.4 is 4.72 Å². The maximum atomic E-state index is 12.1. The van der Waals surface area contributed by atoms with Crippen LogP contribution >= 0.6 is 11.3 Å². The van der Waals surface area contributed by atoms with Crippen LogP contribution in [0.4, 0.5) is 0 Å². The van der Waals surface area contributed by atoms with Gasteiger partial charge >= 0.3 is 0 Å². The van der Waals surface area contributed by atoms with Gasteiger partial charge in [0.15, 0.2) is 0 Å². The number of carbonyl (C=O) groups excluding carboxylic acids is 1. The Morgan fingerprint density at radius 1 is 1.44 bits per heavy atom. The fraction of sp³-hybridized carbons (Fsp3) is 0.417. The number of hydrogen-bond acceptors (Lipinski definition) is 4. The monoisotopic (exact) mass is 285 g/mol. The highest BCUT2D eigenvalue weighted by Crippen LogP contribution is 2.32. The number of nitrogens with one attached hydrogen (secondary N) is 1. The fourth-order valence-corrected chi connectivity index (χ4v) is 3.98. The minimum absolute atomic E-state index is 0.172. The highest BCUT2D eigenvalue weighted by molar-refractivity contribution is 7.92. The van der Waals surface area contributed by atoms with E-state index in [1.54, 1.807) is 18.4 Å². The number of sulfonamides is 1. The third-order valence-corrected chi connectivity index (χ3v) is 5.86. The quantitative estimate of drug-likeness (QED) is 0.867. The minimum Gasteiger partial charge on any atom is -0.273 e. The molecule has 1 aliphatic carbocycles. The van der Waals surface area contributed by atoms with Crippen LogP contribution in [0.3, 0.4) is 0 Å². The van der Waals surface area contributed by atoms with E-state index in [9.17, 15) is 13.2 Å². The molecule has 1 N–H and O–H groups in total. The first-order chi connectivity index (χ1) is 8.44. The molecule has 1 unspecified atom stereocenters. The Morgan fingerprint density at radius 2 is 2.22 bits per heavy atom. The molecule has 0 saturated heterocycles. The van der Waals surface area contributed by atoms with E-state index in [-0.39, 0.29) is 4.21 Å². The van der Waals surface area contributed by atoms with Crippen LogP contribution in [-0.2, 0) is 14.8 Å². The SMILES string of the molecule is CC1(C(=O)NS(=O)(=O)c2cccs2)CC=CCC1. The van der Waals surface area contributed by atoms with Gasteiger partial charge in [-0.2, -0.15) is 0 Å². The summed E-state index contributed by atoms with van der Waals surface area (Å²) in [5, 5.41) is 1.67. The molecule has 0 spiro atoms. The Morgan fingerprint density at radius 3 is 2.78 bits per heavy atom. The van der Waals surface area contributed by atoms with Crippen LogP contribution in [0, 0.1) is 5.41 Å². The second kappa shape index (κ2) is 4.85. The molecule has 1 atom stereocenters. The number of thiophene rings is 1. The number of rotatable bonds is 3. The molecule has 4 nitrogen and oxygen atoms in total. The molecule has 0 radical (unpaired) electrons. The van der Waals surface area contributed by atoms with Gasteiger partial charge in [0.2, 0.25) is 5.91 Å². The lowest BCUT2D eigenvalue weighted by atomic mass is 9.78. The van der Waals surface area contributed by atoms with Crippen molar-refractivity contribution < 1.29 is 13.2 Å². The van der Waals surface area contributed by atoms with Crippen molar-refractivity contribution in [1.29, 1.82) is 0 Å². The largest absolute Gasteiger partial charge is 0.273 e. The number of amides is 1. The zero-order valence-corrected chi connectivity index (χ0v) is 11.7. The predicted octanol–water partition coefficient (Wildman–Crippen LogP) is 2.30. The molecule has 2 rings (SSSR count). The molecule has 0 saturated carbocycles. The van der Waals surface area contributed by atoms with E-state index in [0.717, 1.165) is 17.8 Å². The first-order valence-corrected chi connectivity index (χ1v) is 8.06. The minimum atomic E-state index is -3.71. The van der Waals surface area contributed by atoms with Crippen molar-refractivity contribution in [2.24, 2.45) is 5.41 Å². The van der Waals surface area contributed by atoms with Gasteiger partial charge in [0.05, 0.1) is 5.41 Å². The van der Waals surface area contributed by atoms with Crippen molar-refractivity contribution in [3.05, 3.63) is 29.7 Å². The molecule has 0 aromatic carbocycles. The Balaban J connectivity index is 2.15. The highest BCUT2D eigenvalue weighted by atomic mass is 32.2. The summed E-state index contributed by atoms with van der Waals surface area (Å²) in [6.07, 6.45) is 6.01. The summed E-state index contributed by atoms with van der Waals surface area (Å²) < 4.78 is 26.2. The van der Waals surface area contributed by atoms with E-state index in [1.165, 1.54) is 6.07 Å². The summed E-state index contributed by atoms with van der Waals surface area (Å²) in [6.45, 7) is 1.80. The van der Waals surface area contributed by atoms with Crippen LogP contribution in [0.2, 0.25) is 0 Å². The van der Waals surface area contributed by atoms with Gasteiger partial charge in [0.25, 0.3) is 10.0 Å². The van der Waals surface area contributed by atoms with Crippen molar-refractivity contribution in [2.75, 3.05) is 0 Å². The van der Waals surface area contributed by atoms with Gasteiger partial charge in [-0.25, -0.2) is 13.1 Å². The Hall–Kier alpha value is -1.14. The third-order valence-electron chi connectivity index (χ3n) is 3.13. The zero-order valence-electron chi connectivity index (χ0n) is 10.0. The molecular weight excluding hydrogens is 270 g/mol. The molecule has 1 aliphatic rings. The van der Waals surface area contributed by atoms with Gasteiger partial charge in [0.1, 0.15) is 4.21 Å². The summed E-state index contributed by atoms with van der Waals surface area (Å²) in [5.41, 5.74) is -0.626. The van der Waals surface area contributed by atoms with E-state index in [1.807, 2.05) is 12.2 Å². The second-order valence-corrected chi connectivity index (χ2v) is 7.50. The maximum Gasteiger partial charge on any atom is 0.273 e. The standard InChI is InChI=1S/C12H15NO3S2/c1-12(7-3-2-4-8-12)11(14)13-18(15,16)10-6-5-9-17-10/h2-3,5-6,9H,4,7-8H2,1H3,(H,13,14). The maximum absolute atomic E-state index is 12.1. The lowest BCUT2D eigenvalue weighted by Gasteiger charge is -2.28. The molecule has 98 valence electrons. The first-order valence-electron chi connectivity index (χ1n) is 5.70. The highest BCUT2D eigenvalue weighted by Gasteiger charge is 2.35. The third kappa shape index (κ3) is 2.64. The average Bonchev–Trinajstić information content (AvgIpc) is 2.83. The van der Waals surface area contributed by atoms with Gasteiger partial charge in [-0.3, -0.25) is 4.79 Å². The normalized spacial score (nSPS) is 23.8. The molecule has 1 aromatic rings. The van der Waals surface area contributed by atoms with Crippen LogP contribution in [0.15, 0.2) is 33.9 Å². The smallest absolute Gasteiger partial charge is 0.273 e. The zero-order chi connectivity index (χ0) is 13.2. The van der Waals surface area contributed by atoms with E-state index < -0.39 is 21.3 Å². The van der Waals surface area contributed by atoms with Gasteiger partial charge in [0, 0.05) is 0 Å². The van der Waals surface area contributed by atoms with Crippen molar-refractivity contribution in [3.8, 4) is 0 Å². The summed E-state index contributed by atoms with van der Waals surface area (Å²) in [6, 6.07) is 3.14. The van der Waals surface area contributed by atoms with Gasteiger partial charge in [-0.15, -0.1) is 11.3 Å². The van der Waals surface area contributed by atoms with Gasteiger partial charge in [-0.1, -0.05) is 25.1 Å². The number of allylic oxidation sites excluding steroid dienone is 2. The van der Waals surface area contributed by atoms with E-state index >= 15 is 0 Å². The van der Waals surface area contributed by atoms with Crippen molar-refractivity contribution in [3.63, 3.8) is 0 Å². The molecule has 1 heterocycles. The predicted molar refractivity (Wildman–Crippen MR) is 70.7 cm³/mol. The van der Waals surface area contributed by atoms with Crippen LogP contribution in [-0.4, -0.2) is 14.3 Å². The van der Waals surface area contributed by atoms with Gasteiger partial charge in [-0.05, 0) is 30.7 Å². The summed E-state index contributed by atoms with van der Waals surface area (Å²) in [7, 11) is -3.71. The van der Waals surface area contributed by atoms with Gasteiger partial charge < -0.3 is 0 Å². The summed E-state index contributed by atoms with van der Waals surface area (Å²) in [5.74, 6) is -0.416. The van der Waals surface area contributed by atoms with Crippen molar-refractivity contribution in [2.45, 2.75) is 30.4 Å². The van der Waals surface area contributed by atoms with Crippen LogP contribution in [0.1, 0.15) is 26.2 Å². The van der Waals surface area contributed by atoms with E-state index in [0.29, 0.717) is 12.8 Å². The van der Waals surface area contributed by atoms with E-state index in [2.05, 4.69) is 4.72 Å². The molecule has 0 bridgehead atoms. The Bertz CT molecular complexity index is 560. The molecule has 0 fully saturated rings. The molecule has 6 heteroatoms. The van der Waals surface area contributed by atoms with E-state index in [4.69, 9.17) is 0 Å². The molecule has 0 aliphatic heterocycles. The average molecular weight is 285 g/mol. The second-order valence-electron chi connectivity index (χ2n) is 4.64.